The van der Waals surface area contributed by atoms with Gasteiger partial charge in [-0.3, -0.25) is 4.90 Å². The average molecular weight is 663 g/mol. The number of carboxylic acid groups (broad SMARTS) is 2. The van der Waals surface area contributed by atoms with Crippen LogP contribution in [0.4, 0.5) is 26.3 Å². The van der Waals surface area contributed by atoms with Crippen molar-refractivity contribution in [3.05, 3.63) is 65.2 Å². The molecule has 15 heteroatoms. The van der Waals surface area contributed by atoms with Gasteiger partial charge in [-0.15, -0.1) is 0 Å². The van der Waals surface area contributed by atoms with E-state index in [0.717, 1.165) is 37.4 Å². The molecule has 0 unspecified atom stereocenters. The van der Waals surface area contributed by atoms with Crippen LogP contribution < -0.4 is 5.32 Å². The molecule has 4 aliphatic rings. The summed E-state index contributed by atoms with van der Waals surface area (Å²) in [6.45, 7) is 2.70. The van der Waals surface area contributed by atoms with Crippen LogP contribution in [0.2, 0.25) is 0 Å². The van der Waals surface area contributed by atoms with E-state index in [2.05, 4.69) is 22.3 Å². The van der Waals surface area contributed by atoms with E-state index in [4.69, 9.17) is 19.8 Å². The lowest BCUT2D eigenvalue weighted by atomic mass is 9.48. The SMILES string of the molecule is O=C(O)C(F)(F)F.O=C(O)C(F)(F)F.Oc1ccc2c(c1)[C@]13CCN(CC4CC4)[C@H](C2)[C@]1(O)C[C@@H](NCc1ccccc1)[C@H](O)C3. The first-order chi connectivity index (χ1) is 21.4. The number of carboxylic acids is 2. The van der Waals surface area contributed by atoms with Crippen molar-refractivity contribution in [2.45, 2.75) is 86.6 Å². The van der Waals surface area contributed by atoms with Crippen LogP contribution in [0.15, 0.2) is 48.5 Å². The highest BCUT2D eigenvalue weighted by atomic mass is 19.4. The molecule has 0 aromatic heterocycles. The third-order valence-corrected chi connectivity index (χ3v) is 9.31. The third-order valence-electron chi connectivity index (χ3n) is 9.31. The van der Waals surface area contributed by atoms with Crippen molar-refractivity contribution in [1.82, 2.24) is 10.2 Å². The molecule has 1 aliphatic heterocycles. The fraction of sp³-hybridized carbons (Fsp3) is 0.548. The van der Waals surface area contributed by atoms with Crippen molar-refractivity contribution in [3.63, 3.8) is 0 Å². The normalized spacial score (nSPS) is 28.7. The van der Waals surface area contributed by atoms with Crippen LogP contribution in [-0.2, 0) is 28.0 Å². The van der Waals surface area contributed by atoms with Gasteiger partial charge in [0, 0.05) is 30.6 Å². The number of aromatic hydroxyl groups is 1. The Kier molecular flexibility index (Phi) is 10.3. The fourth-order valence-electron chi connectivity index (χ4n) is 6.98. The lowest BCUT2D eigenvalue weighted by Gasteiger charge is -2.65. The number of carbonyl (C=O) groups is 2. The van der Waals surface area contributed by atoms with Gasteiger partial charge in [0.15, 0.2) is 0 Å². The molecule has 9 nitrogen and oxygen atoms in total. The highest BCUT2D eigenvalue weighted by molar-refractivity contribution is 5.73. The van der Waals surface area contributed by atoms with Crippen LogP contribution in [0.5, 0.6) is 5.75 Å². The number of hydrogen-bond donors (Lipinski definition) is 6. The fourth-order valence-corrected chi connectivity index (χ4v) is 6.98. The zero-order valence-corrected chi connectivity index (χ0v) is 24.6. The number of aliphatic carboxylic acids is 2. The molecule has 254 valence electrons. The number of phenolic OH excluding ortho intramolecular Hbond substituents is 1. The van der Waals surface area contributed by atoms with E-state index in [9.17, 15) is 41.7 Å². The Labute approximate surface area is 260 Å². The Morgan fingerprint density at radius 2 is 1.52 bits per heavy atom. The predicted octanol–water partition coefficient (Wildman–Crippen LogP) is 3.98. The number of nitrogens with one attached hydrogen (secondary N) is 1. The predicted molar refractivity (Wildman–Crippen MR) is 151 cm³/mol. The van der Waals surface area contributed by atoms with E-state index in [0.29, 0.717) is 19.4 Å². The van der Waals surface area contributed by atoms with Gasteiger partial charge in [0.2, 0.25) is 0 Å². The minimum Gasteiger partial charge on any atom is -0.508 e. The number of aliphatic hydroxyl groups is 2. The van der Waals surface area contributed by atoms with E-state index in [-0.39, 0.29) is 17.8 Å². The van der Waals surface area contributed by atoms with Gasteiger partial charge in [-0.05, 0) is 79.8 Å². The lowest BCUT2D eigenvalue weighted by Crippen LogP contribution is -2.76. The van der Waals surface area contributed by atoms with E-state index >= 15 is 0 Å². The number of nitrogens with zero attached hydrogens (tertiary/aromatic N) is 1. The number of hydrogen-bond acceptors (Lipinski definition) is 7. The van der Waals surface area contributed by atoms with E-state index in [1.807, 2.05) is 30.3 Å². The number of halogens is 6. The molecule has 0 radical (unpaired) electrons. The minimum absolute atomic E-state index is 0.0578. The summed E-state index contributed by atoms with van der Waals surface area (Å²) in [6, 6.07) is 15.8. The van der Waals surface area contributed by atoms with Crippen molar-refractivity contribution >= 4 is 11.9 Å². The molecule has 5 atom stereocenters. The molecule has 6 N–H and O–H groups in total. The Balaban J connectivity index is 0.000000289. The quantitative estimate of drug-likeness (QED) is 0.262. The lowest BCUT2D eigenvalue weighted by molar-refractivity contribution is -0.193. The summed E-state index contributed by atoms with van der Waals surface area (Å²) in [4.78, 5) is 20.3. The summed E-state index contributed by atoms with van der Waals surface area (Å²) in [5.41, 5.74) is 2.04. The van der Waals surface area contributed by atoms with Crippen LogP contribution in [0.1, 0.15) is 48.8 Å². The maximum Gasteiger partial charge on any atom is 0.490 e. The average Bonchev–Trinajstić information content (AvgIpc) is 3.79. The van der Waals surface area contributed by atoms with Crippen molar-refractivity contribution < 1.29 is 61.5 Å². The zero-order valence-electron chi connectivity index (χ0n) is 24.6. The van der Waals surface area contributed by atoms with Crippen molar-refractivity contribution in [3.8, 4) is 5.75 Å². The molecule has 46 heavy (non-hydrogen) atoms. The van der Waals surface area contributed by atoms with Crippen molar-refractivity contribution in [2.24, 2.45) is 5.92 Å². The van der Waals surface area contributed by atoms with Gasteiger partial charge in [0.05, 0.1) is 11.7 Å². The standard InChI is InChI=1S/C27H34N2O3.2C2HF3O2/c30-21-9-8-20-12-25-27(32)14-23(28-16-18-4-2-1-3-5-18)24(31)15-26(27,22(20)13-21)10-11-29(25)17-19-6-7-19;2*3-2(4,5)1(6)7/h1-5,8-9,13,19,23-25,28,30-32H,6-7,10-12,14-17H2;2*(H,6,7)/t23-,24-,25-,26-,27-;;/m1../s1. The van der Waals surface area contributed by atoms with Gasteiger partial charge in [0.1, 0.15) is 5.75 Å². The molecule has 1 saturated heterocycles. The van der Waals surface area contributed by atoms with Gasteiger partial charge in [-0.25, -0.2) is 9.59 Å². The van der Waals surface area contributed by atoms with Crippen LogP contribution in [-0.4, -0.2) is 91.6 Å². The molecule has 2 saturated carbocycles. The first-order valence-corrected chi connectivity index (χ1v) is 14.7. The van der Waals surface area contributed by atoms with Crippen molar-refractivity contribution in [2.75, 3.05) is 13.1 Å². The summed E-state index contributed by atoms with van der Waals surface area (Å²) >= 11 is 0. The zero-order chi connectivity index (χ0) is 34.1. The monoisotopic (exact) mass is 662 g/mol. The Morgan fingerprint density at radius 1 is 0.935 bits per heavy atom. The summed E-state index contributed by atoms with van der Waals surface area (Å²) < 4.78 is 63.5. The smallest absolute Gasteiger partial charge is 0.490 e. The topological polar surface area (TPSA) is 151 Å². The largest absolute Gasteiger partial charge is 0.508 e. The number of rotatable bonds is 5. The molecular weight excluding hydrogens is 626 g/mol. The summed E-state index contributed by atoms with van der Waals surface area (Å²) in [6.07, 6.45) is -5.41. The molecule has 6 rings (SSSR count). The molecule has 3 aliphatic carbocycles. The number of piperidine rings is 1. The van der Waals surface area contributed by atoms with Crippen LogP contribution in [0.25, 0.3) is 0 Å². The van der Waals surface area contributed by atoms with Crippen molar-refractivity contribution in [1.29, 1.82) is 0 Å². The van der Waals surface area contributed by atoms with Gasteiger partial charge in [-0.1, -0.05) is 36.4 Å². The van der Waals surface area contributed by atoms with E-state index < -0.39 is 41.4 Å². The second-order valence-electron chi connectivity index (χ2n) is 12.3. The molecule has 0 spiro atoms. The molecule has 2 bridgehead atoms. The third kappa shape index (κ3) is 7.76. The maximum atomic E-state index is 12.5. The molecule has 1 heterocycles. The highest BCUT2D eigenvalue weighted by Gasteiger charge is 2.66. The van der Waals surface area contributed by atoms with Gasteiger partial charge in [-0.2, -0.15) is 26.3 Å². The number of likely N-dealkylation sites (tertiary alicyclic amines) is 1. The first kappa shape index (κ1) is 35.5. The van der Waals surface area contributed by atoms with Crippen LogP contribution in [0.3, 0.4) is 0 Å². The number of alkyl halides is 6. The number of fused-ring (bicyclic) bond motifs is 1. The first-order valence-electron chi connectivity index (χ1n) is 14.7. The Morgan fingerprint density at radius 3 is 2.07 bits per heavy atom. The minimum atomic E-state index is -5.08. The molecule has 0 amide bonds. The Hall–Kier alpha value is -3.40. The number of aliphatic hydroxyl groups excluding tert-OH is 1. The summed E-state index contributed by atoms with van der Waals surface area (Å²) in [7, 11) is 0. The number of benzene rings is 2. The molecular formula is C31H36F6N2O7. The summed E-state index contributed by atoms with van der Waals surface area (Å²) in [5.74, 6) is -4.49. The maximum absolute atomic E-state index is 12.5. The van der Waals surface area contributed by atoms with Gasteiger partial charge >= 0.3 is 24.3 Å². The second-order valence-corrected chi connectivity index (χ2v) is 12.3. The van der Waals surface area contributed by atoms with E-state index in [1.54, 1.807) is 6.07 Å². The Bertz CT molecular complexity index is 1360. The van der Waals surface area contributed by atoms with E-state index in [1.165, 1.54) is 24.0 Å². The van der Waals surface area contributed by atoms with Gasteiger partial charge in [0.25, 0.3) is 0 Å². The van der Waals surface area contributed by atoms with Gasteiger partial charge < -0.3 is 30.8 Å². The molecule has 2 aromatic carbocycles. The second kappa shape index (κ2) is 13.4. The highest BCUT2D eigenvalue weighted by Crippen LogP contribution is 2.59. The summed E-state index contributed by atoms with van der Waals surface area (Å²) in [5, 5.41) is 51.9. The number of phenols is 1. The van der Waals surface area contributed by atoms with Crippen LogP contribution >= 0.6 is 0 Å². The molecule has 2 aromatic rings. The molecule has 3 fully saturated rings. The van der Waals surface area contributed by atoms with Crippen LogP contribution in [0, 0.1) is 5.92 Å².